The zero-order valence-electron chi connectivity index (χ0n) is 9.88. The number of nitrogens with zero attached hydrogens (tertiary/aromatic N) is 1. The molecule has 3 heteroatoms. The van der Waals surface area contributed by atoms with E-state index in [9.17, 15) is 0 Å². The molecule has 3 rings (SSSR count). The summed E-state index contributed by atoms with van der Waals surface area (Å²) < 4.78 is 3.60. The third kappa shape index (κ3) is 1.81. The van der Waals surface area contributed by atoms with Gasteiger partial charge >= 0.3 is 0 Å². The van der Waals surface area contributed by atoms with E-state index < -0.39 is 0 Å². The predicted molar refractivity (Wildman–Crippen MR) is 75.3 cm³/mol. The number of hydrogen-bond donors (Lipinski definition) is 1. The maximum absolute atomic E-state index is 5.74. The molecule has 0 spiro atoms. The molecule has 0 saturated carbocycles. The molecular weight excluding hydrogens is 276 g/mol. The highest BCUT2D eigenvalue weighted by molar-refractivity contribution is 9.10. The molecule has 1 aliphatic rings. The molecule has 0 saturated heterocycles. The molecule has 1 heterocycles. The molecule has 0 radical (unpaired) electrons. The van der Waals surface area contributed by atoms with E-state index in [2.05, 4.69) is 38.7 Å². The van der Waals surface area contributed by atoms with Crippen molar-refractivity contribution in [3.63, 3.8) is 0 Å². The molecule has 2 nitrogen and oxygen atoms in total. The van der Waals surface area contributed by atoms with Crippen molar-refractivity contribution in [2.24, 2.45) is 5.73 Å². The summed E-state index contributed by atoms with van der Waals surface area (Å²) in [5.74, 6) is 0. The number of nitrogens with two attached hydrogens (primary N) is 1. The summed E-state index contributed by atoms with van der Waals surface area (Å²) in [5, 5.41) is 1.42. The van der Waals surface area contributed by atoms with Gasteiger partial charge in [-0.05, 0) is 49.4 Å². The average molecular weight is 293 g/mol. The Morgan fingerprint density at radius 3 is 2.88 bits per heavy atom. The minimum atomic E-state index is 0.715. The molecular formula is C14H17BrN2. The second kappa shape index (κ2) is 4.46. The van der Waals surface area contributed by atoms with Gasteiger partial charge in [0.05, 0.1) is 0 Å². The first-order valence-electron chi connectivity index (χ1n) is 6.31. The van der Waals surface area contributed by atoms with Crippen LogP contribution < -0.4 is 5.73 Å². The SMILES string of the molecule is NCCn1c2c(c3cc(Br)ccc31)CCCC2. The van der Waals surface area contributed by atoms with Gasteiger partial charge in [0.1, 0.15) is 0 Å². The summed E-state index contributed by atoms with van der Waals surface area (Å²) >= 11 is 3.57. The molecule has 90 valence electrons. The second-order valence-electron chi connectivity index (χ2n) is 4.73. The van der Waals surface area contributed by atoms with E-state index in [1.54, 1.807) is 5.56 Å². The molecule has 1 aromatic heterocycles. The highest BCUT2D eigenvalue weighted by atomic mass is 79.9. The minimum Gasteiger partial charge on any atom is -0.343 e. The molecule has 0 amide bonds. The Morgan fingerprint density at radius 2 is 2.06 bits per heavy atom. The largest absolute Gasteiger partial charge is 0.343 e. The van der Waals surface area contributed by atoms with Crippen molar-refractivity contribution in [1.29, 1.82) is 0 Å². The van der Waals surface area contributed by atoms with E-state index in [4.69, 9.17) is 5.73 Å². The lowest BCUT2D eigenvalue weighted by atomic mass is 9.96. The lowest BCUT2D eigenvalue weighted by Crippen LogP contribution is -2.14. The Bertz CT molecular complexity index is 557. The fraction of sp³-hybridized carbons (Fsp3) is 0.429. The molecule has 0 unspecified atom stereocenters. The van der Waals surface area contributed by atoms with E-state index in [1.807, 2.05) is 0 Å². The van der Waals surface area contributed by atoms with E-state index in [0.717, 1.165) is 6.54 Å². The first kappa shape index (κ1) is 11.3. The quantitative estimate of drug-likeness (QED) is 0.905. The van der Waals surface area contributed by atoms with Crippen molar-refractivity contribution >= 4 is 26.8 Å². The number of rotatable bonds is 2. The van der Waals surface area contributed by atoms with E-state index in [-0.39, 0.29) is 0 Å². The molecule has 1 aliphatic carbocycles. The molecule has 0 bridgehead atoms. The topological polar surface area (TPSA) is 30.9 Å². The molecule has 2 N–H and O–H groups in total. The molecule has 1 aromatic carbocycles. The van der Waals surface area contributed by atoms with Crippen LogP contribution in [0.4, 0.5) is 0 Å². The fourth-order valence-corrected chi connectivity index (χ4v) is 3.35. The van der Waals surface area contributed by atoms with Crippen LogP contribution in [0.5, 0.6) is 0 Å². The maximum atomic E-state index is 5.74. The monoisotopic (exact) mass is 292 g/mol. The van der Waals surface area contributed by atoms with E-state index in [0.29, 0.717) is 6.54 Å². The summed E-state index contributed by atoms with van der Waals surface area (Å²) in [5.41, 5.74) is 10.2. The predicted octanol–water partition coefficient (Wildman–Crippen LogP) is 3.24. The van der Waals surface area contributed by atoms with Crippen molar-refractivity contribution in [1.82, 2.24) is 4.57 Å². The van der Waals surface area contributed by atoms with Crippen molar-refractivity contribution in [2.45, 2.75) is 32.2 Å². The first-order chi connectivity index (χ1) is 8.31. The molecule has 0 atom stereocenters. The van der Waals surface area contributed by atoms with Gasteiger partial charge in [0.15, 0.2) is 0 Å². The van der Waals surface area contributed by atoms with Gasteiger partial charge in [-0.15, -0.1) is 0 Å². The van der Waals surface area contributed by atoms with Crippen LogP contribution >= 0.6 is 15.9 Å². The summed E-state index contributed by atoms with van der Waals surface area (Å²) in [6.45, 7) is 1.65. The van der Waals surface area contributed by atoms with Gasteiger partial charge in [-0.1, -0.05) is 15.9 Å². The highest BCUT2D eigenvalue weighted by Crippen LogP contribution is 2.33. The van der Waals surface area contributed by atoms with Crippen LogP contribution in [0, 0.1) is 0 Å². The number of aromatic nitrogens is 1. The third-order valence-corrected chi connectivity index (χ3v) is 4.18. The second-order valence-corrected chi connectivity index (χ2v) is 5.65. The number of aryl methyl sites for hydroxylation is 1. The molecule has 17 heavy (non-hydrogen) atoms. The molecule has 0 fully saturated rings. The van der Waals surface area contributed by atoms with Crippen LogP contribution in [0.25, 0.3) is 10.9 Å². The minimum absolute atomic E-state index is 0.715. The van der Waals surface area contributed by atoms with Crippen LogP contribution in [0.3, 0.4) is 0 Å². The summed E-state index contributed by atoms with van der Waals surface area (Å²) in [7, 11) is 0. The van der Waals surface area contributed by atoms with Gasteiger partial charge < -0.3 is 10.3 Å². The van der Waals surface area contributed by atoms with Gasteiger partial charge in [0.2, 0.25) is 0 Å². The van der Waals surface area contributed by atoms with Crippen molar-refractivity contribution in [2.75, 3.05) is 6.54 Å². The van der Waals surface area contributed by atoms with Gasteiger partial charge in [0, 0.05) is 34.2 Å². The Balaban J connectivity index is 2.29. The number of halogens is 1. The van der Waals surface area contributed by atoms with Gasteiger partial charge in [0.25, 0.3) is 0 Å². The first-order valence-corrected chi connectivity index (χ1v) is 7.10. The lowest BCUT2D eigenvalue weighted by Gasteiger charge is -2.15. The summed E-state index contributed by atoms with van der Waals surface area (Å²) in [4.78, 5) is 0. The van der Waals surface area contributed by atoms with Gasteiger partial charge in [-0.2, -0.15) is 0 Å². The molecule has 0 aliphatic heterocycles. The Morgan fingerprint density at radius 1 is 1.24 bits per heavy atom. The normalized spacial score (nSPS) is 15.2. The lowest BCUT2D eigenvalue weighted by molar-refractivity contribution is 0.617. The van der Waals surface area contributed by atoms with E-state index >= 15 is 0 Å². The number of hydrogen-bond acceptors (Lipinski definition) is 1. The van der Waals surface area contributed by atoms with Crippen LogP contribution in [-0.2, 0) is 19.4 Å². The standard InChI is InChI=1S/C14H17BrN2/c15-10-5-6-14-12(9-10)11-3-1-2-4-13(11)17(14)8-7-16/h5-6,9H,1-4,7-8,16H2. The Labute approximate surface area is 110 Å². The average Bonchev–Trinajstić information content (AvgIpc) is 2.65. The maximum Gasteiger partial charge on any atom is 0.0486 e. The van der Waals surface area contributed by atoms with E-state index in [1.165, 1.54) is 46.8 Å². The zero-order valence-corrected chi connectivity index (χ0v) is 11.5. The zero-order chi connectivity index (χ0) is 11.8. The van der Waals surface area contributed by atoms with Crippen LogP contribution in [-0.4, -0.2) is 11.1 Å². The highest BCUT2D eigenvalue weighted by Gasteiger charge is 2.19. The van der Waals surface area contributed by atoms with Crippen molar-refractivity contribution in [3.05, 3.63) is 33.9 Å². The van der Waals surface area contributed by atoms with Gasteiger partial charge in [-0.25, -0.2) is 0 Å². The van der Waals surface area contributed by atoms with Gasteiger partial charge in [-0.3, -0.25) is 0 Å². The fourth-order valence-electron chi connectivity index (χ4n) is 2.99. The van der Waals surface area contributed by atoms with Crippen molar-refractivity contribution < 1.29 is 0 Å². The van der Waals surface area contributed by atoms with Crippen LogP contribution in [0.15, 0.2) is 22.7 Å². The Hall–Kier alpha value is -0.800. The smallest absolute Gasteiger partial charge is 0.0486 e. The summed E-state index contributed by atoms with van der Waals surface area (Å²) in [6.07, 6.45) is 5.07. The van der Waals surface area contributed by atoms with Crippen molar-refractivity contribution in [3.8, 4) is 0 Å². The van der Waals surface area contributed by atoms with Crippen LogP contribution in [0.2, 0.25) is 0 Å². The Kier molecular flexibility index (Phi) is 2.97. The number of benzene rings is 1. The number of fused-ring (bicyclic) bond motifs is 3. The molecule has 2 aromatic rings. The third-order valence-electron chi connectivity index (χ3n) is 3.69. The summed E-state index contributed by atoms with van der Waals surface area (Å²) in [6, 6.07) is 6.60. The van der Waals surface area contributed by atoms with Crippen LogP contribution in [0.1, 0.15) is 24.1 Å².